The highest BCUT2D eigenvalue weighted by Gasteiger charge is 2.24. The SMILES string of the molecule is CC1NCCN(Cc2cc(F)cc(F)c2)C1=O. The van der Waals surface area contributed by atoms with E-state index in [1.807, 2.05) is 0 Å². The van der Waals surface area contributed by atoms with Crippen molar-refractivity contribution in [1.82, 2.24) is 10.2 Å². The van der Waals surface area contributed by atoms with Crippen LogP contribution in [0.4, 0.5) is 8.78 Å². The highest BCUT2D eigenvalue weighted by Crippen LogP contribution is 2.12. The Morgan fingerprint density at radius 3 is 2.65 bits per heavy atom. The number of nitrogens with zero attached hydrogens (tertiary/aromatic N) is 1. The van der Waals surface area contributed by atoms with Crippen LogP contribution >= 0.6 is 0 Å². The van der Waals surface area contributed by atoms with Gasteiger partial charge in [-0.05, 0) is 24.6 Å². The van der Waals surface area contributed by atoms with Crippen molar-refractivity contribution in [2.75, 3.05) is 13.1 Å². The molecule has 2 rings (SSSR count). The summed E-state index contributed by atoms with van der Waals surface area (Å²) in [5.41, 5.74) is 0.477. The molecule has 1 aliphatic heterocycles. The largest absolute Gasteiger partial charge is 0.336 e. The average molecular weight is 240 g/mol. The van der Waals surface area contributed by atoms with Gasteiger partial charge in [0.2, 0.25) is 5.91 Å². The van der Waals surface area contributed by atoms with Crippen LogP contribution in [-0.4, -0.2) is 29.9 Å². The fraction of sp³-hybridized carbons (Fsp3) is 0.417. The van der Waals surface area contributed by atoms with Crippen LogP contribution in [0, 0.1) is 11.6 Å². The number of amides is 1. The molecule has 5 heteroatoms. The Morgan fingerprint density at radius 2 is 2.00 bits per heavy atom. The Balaban J connectivity index is 2.12. The van der Waals surface area contributed by atoms with Crippen LogP contribution in [0.25, 0.3) is 0 Å². The Bertz CT molecular complexity index is 416. The third-order valence-corrected chi connectivity index (χ3v) is 2.81. The number of carbonyl (C=O) groups is 1. The molecule has 1 fully saturated rings. The van der Waals surface area contributed by atoms with Gasteiger partial charge in [-0.1, -0.05) is 0 Å². The molecule has 1 heterocycles. The number of hydrogen-bond donors (Lipinski definition) is 1. The number of piperazine rings is 1. The van der Waals surface area contributed by atoms with E-state index < -0.39 is 11.6 Å². The van der Waals surface area contributed by atoms with Gasteiger partial charge in [0.05, 0.1) is 6.04 Å². The molecular weight excluding hydrogens is 226 g/mol. The highest BCUT2D eigenvalue weighted by atomic mass is 19.1. The molecule has 3 nitrogen and oxygen atoms in total. The Labute approximate surface area is 98.4 Å². The molecule has 1 N–H and O–H groups in total. The summed E-state index contributed by atoms with van der Waals surface area (Å²) in [5.74, 6) is -1.27. The molecule has 0 radical (unpaired) electrons. The molecule has 1 aromatic rings. The molecule has 0 aromatic heterocycles. The first-order valence-electron chi connectivity index (χ1n) is 5.53. The molecule has 92 valence electrons. The summed E-state index contributed by atoms with van der Waals surface area (Å²) in [6.45, 7) is 3.28. The van der Waals surface area contributed by atoms with Crippen LogP contribution in [-0.2, 0) is 11.3 Å². The van der Waals surface area contributed by atoms with Crippen molar-refractivity contribution in [3.05, 3.63) is 35.4 Å². The molecule has 1 aromatic carbocycles. The monoisotopic (exact) mass is 240 g/mol. The van der Waals surface area contributed by atoms with E-state index in [0.29, 0.717) is 18.7 Å². The zero-order chi connectivity index (χ0) is 12.4. The van der Waals surface area contributed by atoms with Crippen molar-refractivity contribution < 1.29 is 13.6 Å². The van der Waals surface area contributed by atoms with Crippen molar-refractivity contribution in [3.63, 3.8) is 0 Å². The van der Waals surface area contributed by atoms with E-state index in [2.05, 4.69) is 5.32 Å². The van der Waals surface area contributed by atoms with E-state index in [4.69, 9.17) is 0 Å². The molecule has 17 heavy (non-hydrogen) atoms. The van der Waals surface area contributed by atoms with Gasteiger partial charge in [0.1, 0.15) is 11.6 Å². The maximum atomic E-state index is 13.0. The second-order valence-corrected chi connectivity index (χ2v) is 4.21. The fourth-order valence-corrected chi connectivity index (χ4v) is 1.97. The van der Waals surface area contributed by atoms with E-state index in [1.54, 1.807) is 11.8 Å². The van der Waals surface area contributed by atoms with Crippen LogP contribution in [0.3, 0.4) is 0 Å². The molecular formula is C12H14F2N2O. The van der Waals surface area contributed by atoms with E-state index >= 15 is 0 Å². The summed E-state index contributed by atoms with van der Waals surface area (Å²) in [6, 6.07) is 3.10. The van der Waals surface area contributed by atoms with E-state index in [1.165, 1.54) is 12.1 Å². The smallest absolute Gasteiger partial charge is 0.239 e. The van der Waals surface area contributed by atoms with E-state index in [0.717, 1.165) is 6.07 Å². The molecule has 0 spiro atoms. The topological polar surface area (TPSA) is 32.3 Å². The number of carbonyl (C=O) groups excluding carboxylic acids is 1. The maximum absolute atomic E-state index is 13.0. The van der Waals surface area contributed by atoms with Crippen LogP contribution in [0.5, 0.6) is 0 Å². The zero-order valence-electron chi connectivity index (χ0n) is 9.54. The first-order valence-corrected chi connectivity index (χ1v) is 5.53. The van der Waals surface area contributed by atoms with Gasteiger partial charge in [0.25, 0.3) is 0 Å². The van der Waals surface area contributed by atoms with Gasteiger partial charge < -0.3 is 10.2 Å². The maximum Gasteiger partial charge on any atom is 0.239 e. The molecule has 0 saturated carbocycles. The zero-order valence-corrected chi connectivity index (χ0v) is 9.54. The van der Waals surface area contributed by atoms with Crippen molar-refractivity contribution in [3.8, 4) is 0 Å². The lowest BCUT2D eigenvalue weighted by Crippen LogP contribution is -2.53. The van der Waals surface area contributed by atoms with Crippen LogP contribution in [0.15, 0.2) is 18.2 Å². The lowest BCUT2D eigenvalue weighted by atomic mass is 10.1. The Hall–Kier alpha value is -1.49. The number of halogens is 2. The fourth-order valence-electron chi connectivity index (χ4n) is 1.97. The van der Waals surface area contributed by atoms with Gasteiger partial charge in [-0.25, -0.2) is 8.78 Å². The van der Waals surface area contributed by atoms with Crippen molar-refractivity contribution >= 4 is 5.91 Å². The molecule has 1 amide bonds. The average Bonchev–Trinajstić information content (AvgIpc) is 2.23. The molecule has 1 aliphatic rings. The Morgan fingerprint density at radius 1 is 1.35 bits per heavy atom. The number of benzene rings is 1. The van der Waals surface area contributed by atoms with Gasteiger partial charge >= 0.3 is 0 Å². The third kappa shape index (κ3) is 2.79. The number of hydrogen-bond acceptors (Lipinski definition) is 2. The molecule has 1 atom stereocenters. The van der Waals surface area contributed by atoms with Crippen molar-refractivity contribution in [2.24, 2.45) is 0 Å². The molecule has 0 bridgehead atoms. The van der Waals surface area contributed by atoms with Gasteiger partial charge in [-0.2, -0.15) is 0 Å². The summed E-state index contributed by atoms with van der Waals surface area (Å²) in [5, 5.41) is 3.03. The van der Waals surface area contributed by atoms with Crippen LogP contribution in [0.2, 0.25) is 0 Å². The predicted octanol–water partition coefficient (Wildman–Crippen LogP) is 1.29. The third-order valence-electron chi connectivity index (χ3n) is 2.81. The second-order valence-electron chi connectivity index (χ2n) is 4.21. The lowest BCUT2D eigenvalue weighted by molar-refractivity contribution is -0.135. The minimum absolute atomic E-state index is 0.0408. The number of rotatable bonds is 2. The molecule has 1 unspecified atom stereocenters. The molecule has 0 aliphatic carbocycles. The number of nitrogens with one attached hydrogen (secondary N) is 1. The van der Waals surface area contributed by atoms with Gasteiger partial charge in [-0.3, -0.25) is 4.79 Å². The summed E-state index contributed by atoms with van der Waals surface area (Å²) in [4.78, 5) is 13.4. The quantitative estimate of drug-likeness (QED) is 0.844. The van der Waals surface area contributed by atoms with Crippen molar-refractivity contribution in [2.45, 2.75) is 19.5 Å². The summed E-state index contributed by atoms with van der Waals surface area (Å²) < 4.78 is 26.0. The van der Waals surface area contributed by atoms with Gasteiger partial charge in [0, 0.05) is 25.7 Å². The van der Waals surface area contributed by atoms with E-state index in [9.17, 15) is 13.6 Å². The predicted molar refractivity (Wildman–Crippen MR) is 59.2 cm³/mol. The van der Waals surface area contributed by atoms with Crippen molar-refractivity contribution in [1.29, 1.82) is 0 Å². The lowest BCUT2D eigenvalue weighted by Gasteiger charge is -2.31. The van der Waals surface area contributed by atoms with Gasteiger partial charge in [-0.15, -0.1) is 0 Å². The highest BCUT2D eigenvalue weighted by molar-refractivity contribution is 5.82. The first kappa shape index (κ1) is 12.0. The summed E-state index contributed by atoms with van der Waals surface area (Å²) in [7, 11) is 0. The minimum atomic E-state index is -0.615. The normalized spacial score (nSPS) is 20.8. The van der Waals surface area contributed by atoms with Gasteiger partial charge in [0.15, 0.2) is 0 Å². The first-order chi connectivity index (χ1) is 8.06. The summed E-state index contributed by atoms with van der Waals surface area (Å²) >= 11 is 0. The van der Waals surface area contributed by atoms with Crippen LogP contribution in [0.1, 0.15) is 12.5 Å². The van der Waals surface area contributed by atoms with E-state index in [-0.39, 0.29) is 18.5 Å². The summed E-state index contributed by atoms with van der Waals surface area (Å²) in [6.07, 6.45) is 0. The van der Waals surface area contributed by atoms with Crippen LogP contribution < -0.4 is 5.32 Å². The second kappa shape index (κ2) is 4.79. The molecule has 1 saturated heterocycles. The minimum Gasteiger partial charge on any atom is -0.336 e. The Kier molecular flexibility index (Phi) is 3.38. The standard InChI is InChI=1S/C12H14F2N2O/c1-8-12(17)16(3-2-15-8)7-9-4-10(13)6-11(14)5-9/h4-6,8,15H,2-3,7H2,1H3.